The highest BCUT2D eigenvalue weighted by Crippen LogP contribution is 2.50. The maximum Gasteiger partial charge on any atom is 0.253 e. The normalized spacial score (nSPS) is 25.7. The minimum atomic E-state index is 0.203. The Morgan fingerprint density at radius 3 is 2.59 bits per heavy atom. The van der Waals surface area contributed by atoms with Crippen LogP contribution in [0.1, 0.15) is 71.1 Å². The summed E-state index contributed by atoms with van der Waals surface area (Å²) in [5.74, 6) is 1.09. The van der Waals surface area contributed by atoms with Gasteiger partial charge < -0.3 is 10.2 Å². The topological polar surface area (TPSA) is 32.3 Å². The van der Waals surface area contributed by atoms with Crippen LogP contribution in [0, 0.1) is 12.8 Å². The maximum atomic E-state index is 13.1. The third kappa shape index (κ3) is 3.37. The van der Waals surface area contributed by atoms with E-state index in [0.29, 0.717) is 17.9 Å². The first-order chi connectivity index (χ1) is 14.2. The van der Waals surface area contributed by atoms with Crippen LogP contribution in [0.25, 0.3) is 0 Å². The van der Waals surface area contributed by atoms with Crippen molar-refractivity contribution in [2.24, 2.45) is 5.92 Å². The highest BCUT2D eigenvalue weighted by molar-refractivity contribution is 5.95. The van der Waals surface area contributed by atoms with E-state index in [-0.39, 0.29) is 5.91 Å². The number of fused-ring (bicyclic) bond motifs is 3. The summed E-state index contributed by atoms with van der Waals surface area (Å²) < 4.78 is 0. The zero-order valence-corrected chi connectivity index (χ0v) is 17.2. The largest absolute Gasteiger partial charge is 0.378 e. The zero-order chi connectivity index (χ0) is 19.8. The third-order valence-electron chi connectivity index (χ3n) is 7.03. The van der Waals surface area contributed by atoms with Gasteiger partial charge in [-0.05, 0) is 67.0 Å². The molecule has 0 radical (unpaired) electrons. The number of rotatable bonds is 2. The molecule has 1 fully saturated rings. The van der Waals surface area contributed by atoms with Crippen LogP contribution in [0.4, 0.5) is 5.69 Å². The molecule has 1 saturated heterocycles. The molecule has 0 spiro atoms. The van der Waals surface area contributed by atoms with Crippen molar-refractivity contribution >= 4 is 11.6 Å². The average molecular weight is 387 g/mol. The fourth-order valence-corrected chi connectivity index (χ4v) is 5.43. The summed E-state index contributed by atoms with van der Waals surface area (Å²) in [6.07, 6.45) is 10.5. The molecule has 3 aliphatic rings. The lowest BCUT2D eigenvalue weighted by Crippen LogP contribution is -2.33. The molecule has 3 heteroatoms. The average Bonchev–Trinajstić information content (AvgIpc) is 3.08. The summed E-state index contributed by atoms with van der Waals surface area (Å²) in [6.45, 7) is 4.00. The summed E-state index contributed by atoms with van der Waals surface area (Å²) in [4.78, 5) is 15.2. The second kappa shape index (κ2) is 7.70. The molecule has 1 N–H and O–H groups in total. The van der Waals surface area contributed by atoms with Crippen LogP contribution in [0.2, 0.25) is 0 Å². The first-order valence-electron chi connectivity index (χ1n) is 11.1. The van der Waals surface area contributed by atoms with Crippen LogP contribution in [0.5, 0.6) is 0 Å². The summed E-state index contributed by atoms with van der Waals surface area (Å²) in [5, 5.41) is 3.82. The Hall–Kier alpha value is -2.55. The van der Waals surface area contributed by atoms with Gasteiger partial charge in [0, 0.05) is 30.3 Å². The number of carbonyl (C=O) groups excluding carboxylic acids is 1. The van der Waals surface area contributed by atoms with Crippen molar-refractivity contribution in [3.05, 3.63) is 76.9 Å². The van der Waals surface area contributed by atoms with Gasteiger partial charge in [-0.2, -0.15) is 0 Å². The Kier molecular flexibility index (Phi) is 4.91. The van der Waals surface area contributed by atoms with Crippen LogP contribution >= 0.6 is 0 Å². The molecule has 1 amide bonds. The number of nitrogens with zero attached hydrogens (tertiary/aromatic N) is 1. The van der Waals surface area contributed by atoms with Crippen molar-refractivity contribution in [1.29, 1.82) is 0 Å². The predicted molar refractivity (Wildman–Crippen MR) is 118 cm³/mol. The molecule has 0 saturated carbocycles. The van der Waals surface area contributed by atoms with Gasteiger partial charge in [0.05, 0.1) is 6.04 Å². The molecule has 2 aliphatic heterocycles. The molecule has 2 aromatic carbocycles. The predicted octanol–water partition coefficient (Wildman–Crippen LogP) is 5.84. The summed E-state index contributed by atoms with van der Waals surface area (Å²) in [5.41, 5.74) is 6.04. The second-order valence-corrected chi connectivity index (χ2v) is 8.84. The number of hydrogen-bond donors (Lipinski definition) is 1. The van der Waals surface area contributed by atoms with E-state index >= 15 is 0 Å². The Balaban J connectivity index is 1.47. The van der Waals surface area contributed by atoms with Crippen molar-refractivity contribution in [2.45, 2.75) is 51.0 Å². The van der Waals surface area contributed by atoms with Gasteiger partial charge in [0.1, 0.15) is 0 Å². The fraction of sp³-hybridized carbons (Fsp3) is 0.423. The number of carbonyl (C=O) groups is 1. The number of allylic oxidation sites excluding steroid dienone is 2. The van der Waals surface area contributed by atoms with Gasteiger partial charge in [0.15, 0.2) is 0 Å². The smallest absolute Gasteiger partial charge is 0.253 e. The number of hydrogen-bond acceptors (Lipinski definition) is 2. The van der Waals surface area contributed by atoms with E-state index < -0.39 is 0 Å². The van der Waals surface area contributed by atoms with E-state index in [1.54, 1.807) is 0 Å². The highest BCUT2D eigenvalue weighted by atomic mass is 16.2. The van der Waals surface area contributed by atoms with E-state index in [4.69, 9.17) is 0 Å². The monoisotopic (exact) mass is 386 g/mol. The molecule has 0 aromatic heterocycles. The van der Waals surface area contributed by atoms with Crippen molar-refractivity contribution in [2.75, 3.05) is 18.4 Å². The molecular formula is C26H30N2O. The van der Waals surface area contributed by atoms with Crippen LogP contribution in [0.3, 0.4) is 0 Å². The number of nitrogens with one attached hydrogen (secondary N) is 1. The Bertz CT molecular complexity index is 939. The molecule has 29 heavy (non-hydrogen) atoms. The first kappa shape index (κ1) is 18.5. The third-order valence-corrected chi connectivity index (χ3v) is 7.03. The van der Waals surface area contributed by atoms with E-state index in [1.165, 1.54) is 35.2 Å². The van der Waals surface area contributed by atoms with E-state index in [9.17, 15) is 4.79 Å². The van der Waals surface area contributed by atoms with E-state index in [1.807, 2.05) is 6.07 Å². The number of likely N-dealkylation sites (tertiary alicyclic amines) is 1. The van der Waals surface area contributed by atoms with E-state index in [2.05, 4.69) is 65.7 Å². The van der Waals surface area contributed by atoms with Crippen molar-refractivity contribution in [1.82, 2.24) is 4.90 Å². The molecule has 5 rings (SSSR count). The molecule has 1 aliphatic carbocycles. The first-order valence-corrected chi connectivity index (χ1v) is 11.1. The quantitative estimate of drug-likeness (QED) is 0.658. The maximum absolute atomic E-state index is 13.1. The lowest BCUT2D eigenvalue weighted by molar-refractivity contribution is 0.0761. The molecule has 3 unspecified atom stereocenters. The summed E-state index contributed by atoms with van der Waals surface area (Å²) >= 11 is 0. The van der Waals surface area contributed by atoms with Gasteiger partial charge in [0.25, 0.3) is 5.91 Å². The zero-order valence-electron chi connectivity index (χ0n) is 17.2. The number of amides is 1. The number of anilines is 1. The van der Waals surface area contributed by atoms with Crippen molar-refractivity contribution < 1.29 is 4.79 Å². The minimum absolute atomic E-state index is 0.203. The molecule has 0 bridgehead atoms. The number of benzene rings is 2. The summed E-state index contributed by atoms with van der Waals surface area (Å²) in [7, 11) is 0. The van der Waals surface area contributed by atoms with Crippen LogP contribution in [0.15, 0.2) is 54.6 Å². The highest BCUT2D eigenvalue weighted by Gasteiger charge is 2.38. The van der Waals surface area contributed by atoms with Crippen molar-refractivity contribution in [3.8, 4) is 0 Å². The second-order valence-electron chi connectivity index (χ2n) is 8.84. The molecule has 3 atom stereocenters. The van der Waals surface area contributed by atoms with Gasteiger partial charge in [-0.3, -0.25) is 4.79 Å². The Morgan fingerprint density at radius 2 is 1.79 bits per heavy atom. The minimum Gasteiger partial charge on any atom is -0.378 e. The Morgan fingerprint density at radius 1 is 1.00 bits per heavy atom. The Labute approximate surface area is 173 Å². The standard InChI is InChI=1S/C26H30N2O/c1-18-9-4-5-10-20(18)25-22-12-8-11-21(22)23-17-19(13-14-24(23)27-25)26(29)28-15-6-2-3-7-16-28/h4-5,8-11,13-14,17,21-22,25,27H,2-3,6-7,12,15-16H2,1H3. The molecule has 2 heterocycles. The van der Waals surface area contributed by atoms with Crippen LogP contribution in [-0.4, -0.2) is 23.9 Å². The molecule has 2 aromatic rings. The summed E-state index contributed by atoms with van der Waals surface area (Å²) in [6, 6.07) is 15.3. The molecule has 3 nitrogen and oxygen atoms in total. The SMILES string of the molecule is Cc1ccccc1C1Nc2ccc(C(=O)N3CCCCCC3)cc2C2C=CCC21. The fourth-order valence-electron chi connectivity index (χ4n) is 5.43. The van der Waals surface area contributed by atoms with Gasteiger partial charge in [0.2, 0.25) is 0 Å². The van der Waals surface area contributed by atoms with Gasteiger partial charge in [-0.25, -0.2) is 0 Å². The molecular weight excluding hydrogens is 356 g/mol. The molecule has 150 valence electrons. The van der Waals surface area contributed by atoms with Gasteiger partial charge >= 0.3 is 0 Å². The van der Waals surface area contributed by atoms with Crippen LogP contribution in [-0.2, 0) is 0 Å². The lowest BCUT2D eigenvalue weighted by atomic mass is 9.76. The van der Waals surface area contributed by atoms with Crippen molar-refractivity contribution in [3.63, 3.8) is 0 Å². The van der Waals surface area contributed by atoms with Crippen LogP contribution < -0.4 is 5.32 Å². The van der Waals surface area contributed by atoms with E-state index in [0.717, 1.165) is 37.9 Å². The lowest BCUT2D eigenvalue weighted by Gasteiger charge is -2.38. The van der Waals surface area contributed by atoms with Gasteiger partial charge in [-0.1, -0.05) is 49.3 Å². The number of aryl methyl sites for hydroxylation is 1. The van der Waals surface area contributed by atoms with Gasteiger partial charge in [-0.15, -0.1) is 0 Å².